The Labute approximate surface area is 191 Å². The normalized spacial score (nSPS) is 18.6. The zero-order valence-electron chi connectivity index (χ0n) is 18.7. The first-order valence-corrected chi connectivity index (χ1v) is 10.7. The molecule has 0 aliphatic carbocycles. The van der Waals surface area contributed by atoms with E-state index in [1.807, 2.05) is 11.0 Å². The molecule has 2 atom stereocenters. The van der Waals surface area contributed by atoms with Crippen molar-refractivity contribution in [1.29, 1.82) is 5.26 Å². The molecule has 1 unspecified atom stereocenters. The van der Waals surface area contributed by atoms with Crippen LogP contribution in [0.1, 0.15) is 49.9 Å². The van der Waals surface area contributed by atoms with Crippen LogP contribution in [0.15, 0.2) is 30.3 Å². The van der Waals surface area contributed by atoms with Crippen molar-refractivity contribution >= 4 is 6.09 Å². The van der Waals surface area contributed by atoms with E-state index in [-0.39, 0.29) is 24.1 Å². The van der Waals surface area contributed by atoms with Gasteiger partial charge in [0.05, 0.1) is 11.6 Å². The summed E-state index contributed by atoms with van der Waals surface area (Å²) in [7, 11) is 0. The van der Waals surface area contributed by atoms with Gasteiger partial charge in [0, 0.05) is 30.8 Å². The SMILES string of the molecule is CC(C)(C)OC(=O)N[C@@H]1CCN(C(c2ccc(C#N)c(F)c2)c2cc3c(cc2O)OCO3)C1. The number of alkyl carbamates (subject to hydrolysis) is 1. The molecular formula is C24H26FN3O5. The van der Waals surface area contributed by atoms with Gasteiger partial charge in [-0.1, -0.05) is 6.07 Å². The minimum Gasteiger partial charge on any atom is -0.507 e. The summed E-state index contributed by atoms with van der Waals surface area (Å²) in [5.74, 6) is 0.275. The quantitative estimate of drug-likeness (QED) is 0.722. The van der Waals surface area contributed by atoms with Crippen molar-refractivity contribution in [3.05, 3.63) is 52.8 Å². The topological polar surface area (TPSA) is 104 Å². The molecule has 1 fully saturated rings. The smallest absolute Gasteiger partial charge is 0.407 e. The van der Waals surface area contributed by atoms with E-state index in [4.69, 9.17) is 19.5 Å². The van der Waals surface area contributed by atoms with Gasteiger partial charge < -0.3 is 24.6 Å². The standard InChI is InChI=1S/C24H26FN3O5/c1-24(2,3)33-23(30)27-16-6-7-28(12-16)22(14-4-5-15(11-26)18(25)8-14)17-9-20-21(10-19(17)29)32-13-31-20/h4-5,8-10,16,22,29H,6-7,12-13H2,1-3H3,(H,27,30)/t16-,22?/m1/s1. The number of ether oxygens (including phenoxy) is 3. The van der Waals surface area contributed by atoms with Crippen molar-refractivity contribution in [2.24, 2.45) is 0 Å². The number of nitriles is 1. The van der Waals surface area contributed by atoms with E-state index in [0.717, 1.165) is 0 Å². The van der Waals surface area contributed by atoms with Crippen LogP contribution < -0.4 is 14.8 Å². The maximum Gasteiger partial charge on any atom is 0.407 e. The molecule has 0 aromatic heterocycles. The summed E-state index contributed by atoms with van der Waals surface area (Å²) in [6.07, 6.45) is 0.154. The summed E-state index contributed by atoms with van der Waals surface area (Å²) in [6, 6.07) is 8.69. The lowest BCUT2D eigenvalue weighted by molar-refractivity contribution is 0.0505. The van der Waals surface area contributed by atoms with Gasteiger partial charge in [-0.2, -0.15) is 5.26 Å². The van der Waals surface area contributed by atoms with Crippen LogP contribution in [0.5, 0.6) is 17.2 Å². The number of halogens is 1. The first-order chi connectivity index (χ1) is 15.6. The number of likely N-dealkylation sites (tertiary alicyclic amines) is 1. The van der Waals surface area contributed by atoms with Crippen LogP contribution in [0.25, 0.3) is 0 Å². The van der Waals surface area contributed by atoms with Gasteiger partial charge in [-0.3, -0.25) is 4.90 Å². The Kier molecular flexibility index (Phi) is 6.04. The largest absolute Gasteiger partial charge is 0.507 e. The summed E-state index contributed by atoms with van der Waals surface area (Å²) < 4.78 is 30.7. The summed E-state index contributed by atoms with van der Waals surface area (Å²) >= 11 is 0. The van der Waals surface area contributed by atoms with Crippen molar-refractivity contribution in [3.8, 4) is 23.3 Å². The summed E-state index contributed by atoms with van der Waals surface area (Å²) in [5.41, 5.74) is 0.418. The number of phenols is 1. The number of nitrogens with zero attached hydrogens (tertiary/aromatic N) is 2. The number of amides is 1. The third kappa shape index (κ3) is 4.96. The van der Waals surface area contributed by atoms with E-state index < -0.39 is 23.6 Å². The highest BCUT2D eigenvalue weighted by molar-refractivity contribution is 5.68. The molecule has 2 aromatic carbocycles. The number of hydrogen-bond acceptors (Lipinski definition) is 7. The molecule has 2 aliphatic rings. The Morgan fingerprint density at radius 1 is 1.30 bits per heavy atom. The highest BCUT2D eigenvalue weighted by atomic mass is 19.1. The lowest BCUT2D eigenvalue weighted by atomic mass is 9.95. The number of benzene rings is 2. The van der Waals surface area contributed by atoms with Gasteiger partial charge in [-0.05, 0) is 51.0 Å². The van der Waals surface area contributed by atoms with Gasteiger partial charge >= 0.3 is 6.09 Å². The van der Waals surface area contributed by atoms with Crippen LogP contribution in [0.4, 0.5) is 9.18 Å². The van der Waals surface area contributed by atoms with Crippen molar-refractivity contribution in [3.63, 3.8) is 0 Å². The van der Waals surface area contributed by atoms with Crippen LogP contribution in [-0.4, -0.2) is 47.6 Å². The molecule has 174 valence electrons. The van der Waals surface area contributed by atoms with Crippen LogP contribution in [0, 0.1) is 17.1 Å². The number of nitrogens with one attached hydrogen (secondary N) is 1. The van der Waals surface area contributed by atoms with Crippen LogP contribution in [-0.2, 0) is 4.74 Å². The molecule has 9 heteroatoms. The molecule has 2 aromatic rings. The van der Waals surface area contributed by atoms with E-state index in [1.165, 1.54) is 18.2 Å². The fourth-order valence-corrected chi connectivity index (χ4v) is 4.16. The number of carbonyl (C=O) groups excluding carboxylic acids is 1. The molecule has 2 aliphatic heterocycles. The third-order valence-electron chi connectivity index (χ3n) is 5.55. The van der Waals surface area contributed by atoms with E-state index in [9.17, 15) is 14.3 Å². The second kappa shape index (κ2) is 8.79. The molecule has 2 heterocycles. The highest BCUT2D eigenvalue weighted by Crippen LogP contribution is 2.44. The zero-order valence-corrected chi connectivity index (χ0v) is 18.7. The molecule has 0 saturated carbocycles. The average Bonchev–Trinajstić information content (AvgIpc) is 3.36. The van der Waals surface area contributed by atoms with Crippen molar-refractivity contribution in [2.75, 3.05) is 19.9 Å². The van der Waals surface area contributed by atoms with Gasteiger partial charge in [0.1, 0.15) is 23.2 Å². The Morgan fingerprint density at radius 3 is 2.70 bits per heavy atom. The van der Waals surface area contributed by atoms with Crippen LogP contribution >= 0.6 is 0 Å². The lowest BCUT2D eigenvalue weighted by Gasteiger charge is -2.30. The minimum absolute atomic E-state index is 0.0161. The molecule has 0 bridgehead atoms. The maximum absolute atomic E-state index is 14.5. The number of fused-ring (bicyclic) bond motifs is 1. The van der Waals surface area contributed by atoms with E-state index in [0.29, 0.717) is 42.1 Å². The van der Waals surface area contributed by atoms with Gasteiger partial charge in [0.15, 0.2) is 11.5 Å². The van der Waals surface area contributed by atoms with E-state index in [2.05, 4.69) is 5.32 Å². The van der Waals surface area contributed by atoms with E-state index >= 15 is 0 Å². The van der Waals surface area contributed by atoms with Crippen molar-refractivity contribution in [2.45, 2.75) is 44.9 Å². The number of carbonyl (C=O) groups is 1. The Morgan fingerprint density at radius 2 is 2.03 bits per heavy atom. The van der Waals surface area contributed by atoms with Crippen molar-refractivity contribution in [1.82, 2.24) is 10.2 Å². The molecule has 0 spiro atoms. The predicted molar refractivity (Wildman–Crippen MR) is 117 cm³/mol. The van der Waals surface area contributed by atoms with Gasteiger partial charge in [0.2, 0.25) is 6.79 Å². The molecule has 8 nitrogen and oxygen atoms in total. The van der Waals surface area contributed by atoms with Crippen molar-refractivity contribution < 1.29 is 28.5 Å². The Hall–Kier alpha value is -3.51. The minimum atomic E-state index is -0.636. The summed E-state index contributed by atoms with van der Waals surface area (Å²) in [5, 5.41) is 22.8. The zero-order chi connectivity index (χ0) is 23.8. The number of hydrogen-bond donors (Lipinski definition) is 2. The second-order valence-corrected chi connectivity index (χ2v) is 9.14. The van der Waals surface area contributed by atoms with Crippen LogP contribution in [0.2, 0.25) is 0 Å². The molecular weight excluding hydrogens is 429 g/mol. The fraction of sp³-hybridized carbons (Fsp3) is 0.417. The summed E-state index contributed by atoms with van der Waals surface area (Å²) in [4.78, 5) is 14.3. The Balaban J connectivity index is 1.64. The predicted octanol–water partition coefficient (Wildman–Crippen LogP) is 3.82. The second-order valence-electron chi connectivity index (χ2n) is 9.14. The lowest BCUT2D eigenvalue weighted by Crippen LogP contribution is -2.41. The number of rotatable bonds is 4. The fourth-order valence-electron chi connectivity index (χ4n) is 4.16. The molecule has 33 heavy (non-hydrogen) atoms. The first kappa shape index (κ1) is 22.7. The van der Waals surface area contributed by atoms with E-state index in [1.54, 1.807) is 32.9 Å². The average molecular weight is 455 g/mol. The van der Waals surface area contributed by atoms with Crippen LogP contribution in [0.3, 0.4) is 0 Å². The molecule has 1 amide bonds. The maximum atomic E-state index is 14.5. The highest BCUT2D eigenvalue weighted by Gasteiger charge is 2.34. The first-order valence-electron chi connectivity index (χ1n) is 10.7. The van der Waals surface area contributed by atoms with Gasteiger partial charge in [-0.15, -0.1) is 0 Å². The monoisotopic (exact) mass is 455 g/mol. The van der Waals surface area contributed by atoms with Gasteiger partial charge in [0.25, 0.3) is 0 Å². The number of aromatic hydroxyl groups is 1. The number of phenolic OH excluding ortho intramolecular Hbond substituents is 1. The Bertz CT molecular complexity index is 1110. The van der Waals surface area contributed by atoms with Gasteiger partial charge in [-0.25, -0.2) is 9.18 Å². The summed E-state index contributed by atoms with van der Waals surface area (Å²) in [6.45, 7) is 6.49. The third-order valence-corrected chi connectivity index (χ3v) is 5.55. The molecule has 2 N–H and O–H groups in total. The molecule has 4 rings (SSSR count). The molecule has 1 saturated heterocycles. The molecule has 0 radical (unpaired) electrons.